The first-order valence-electron chi connectivity index (χ1n) is 5.05. The molecule has 88 valence electrons. The smallest absolute Gasteiger partial charge is 0.363 e. The van der Waals surface area contributed by atoms with Gasteiger partial charge in [0, 0.05) is 12.6 Å². The van der Waals surface area contributed by atoms with Crippen LogP contribution in [-0.4, -0.2) is 35.3 Å². The van der Waals surface area contributed by atoms with Crippen molar-refractivity contribution < 1.29 is 13.2 Å². The van der Waals surface area contributed by atoms with Crippen molar-refractivity contribution >= 4 is 17.3 Å². The van der Waals surface area contributed by atoms with Crippen LogP contribution in [0.1, 0.15) is 26.2 Å². The predicted octanol–water partition coefficient (Wildman–Crippen LogP) is 2.30. The molecule has 0 unspecified atom stereocenters. The molecule has 0 bridgehead atoms. The molecule has 1 N–H and O–H groups in total. The van der Waals surface area contributed by atoms with Gasteiger partial charge in [-0.25, -0.2) is 0 Å². The highest BCUT2D eigenvalue weighted by molar-refractivity contribution is 7.80. The van der Waals surface area contributed by atoms with E-state index in [9.17, 15) is 13.2 Å². The molecule has 0 saturated heterocycles. The zero-order valence-corrected chi connectivity index (χ0v) is 9.42. The summed E-state index contributed by atoms with van der Waals surface area (Å²) in [4.78, 5) is 1.25. The van der Waals surface area contributed by atoms with Crippen molar-refractivity contribution in [3.05, 3.63) is 0 Å². The Kier molecular flexibility index (Phi) is 4.19. The van der Waals surface area contributed by atoms with Crippen LogP contribution in [0.3, 0.4) is 0 Å². The van der Waals surface area contributed by atoms with Gasteiger partial charge in [-0.3, -0.25) is 0 Å². The molecule has 1 fully saturated rings. The average molecular weight is 240 g/mol. The minimum Gasteiger partial charge on any atom is -0.363 e. The third-order valence-electron chi connectivity index (χ3n) is 2.12. The molecule has 0 aromatic heterocycles. The van der Waals surface area contributed by atoms with Crippen LogP contribution < -0.4 is 5.32 Å². The van der Waals surface area contributed by atoms with Gasteiger partial charge in [0.15, 0.2) is 5.11 Å². The fourth-order valence-corrected chi connectivity index (χ4v) is 1.60. The highest BCUT2D eigenvalue weighted by Gasteiger charge is 2.39. The van der Waals surface area contributed by atoms with Crippen molar-refractivity contribution in [2.24, 2.45) is 0 Å². The first-order valence-corrected chi connectivity index (χ1v) is 5.46. The van der Waals surface area contributed by atoms with Crippen LogP contribution in [0.2, 0.25) is 0 Å². The molecule has 1 aliphatic rings. The summed E-state index contributed by atoms with van der Waals surface area (Å²) in [6.07, 6.45) is -1.71. The van der Waals surface area contributed by atoms with Crippen molar-refractivity contribution in [2.75, 3.05) is 13.1 Å². The lowest BCUT2D eigenvalue weighted by atomic mass is 10.4. The van der Waals surface area contributed by atoms with Gasteiger partial charge in [-0.05, 0) is 31.5 Å². The van der Waals surface area contributed by atoms with Gasteiger partial charge in [0.25, 0.3) is 0 Å². The summed E-state index contributed by atoms with van der Waals surface area (Å²) < 4.78 is 36.7. The van der Waals surface area contributed by atoms with E-state index in [4.69, 9.17) is 12.2 Å². The molecule has 0 radical (unpaired) electrons. The Morgan fingerprint density at radius 2 is 2.07 bits per heavy atom. The fourth-order valence-electron chi connectivity index (χ4n) is 1.28. The SMILES string of the molecule is CCCNC(=S)N(CC(F)(F)F)C1CC1. The van der Waals surface area contributed by atoms with E-state index in [1.165, 1.54) is 4.90 Å². The van der Waals surface area contributed by atoms with E-state index in [0.717, 1.165) is 19.3 Å². The monoisotopic (exact) mass is 240 g/mol. The van der Waals surface area contributed by atoms with E-state index in [-0.39, 0.29) is 11.2 Å². The number of hydrogen-bond donors (Lipinski definition) is 1. The van der Waals surface area contributed by atoms with Gasteiger partial charge in [-0.15, -0.1) is 0 Å². The largest absolute Gasteiger partial charge is 0.406 e. The van der Waals surface area contributed by atoms with Gasteiger partial charge in [0.1, 0.15) is 6.54 Å². The van der Waals surface area contributed by atoms with E-state index in [1.54, 1.807) is 0 Å². The number of hydrogen-bond acceptors (Lipinski definition) is 1. The zero-order chi connectivity index (χ0) is 11.5. The van der Waals surface area contributed by atoms with Crippen molar-refractivity contribution in [3.63, 3.8) is 0 Å². The normalized spacial score (nSPS) is 16.3. The maximum Gasteiger partial charge on any atom is 0.406 e. The van der Waals surface area contributed by atoms with Gasteiger partial charge >= 0.3 is 6.18 Å². The molecule has 0 spiro atoms. The van der Waals surface area contributed by atoms with E-state index in [1.807, 2.05) is 6.92 Å². The van der Waals surface area contributed by atoms with Crippen LogP contribution in [0.5, 0.6) is 0 Å². The quantitative estimate of drug-likeness (QED) is 0.759. The number of rotatable bonds is 4. The molecule has 0 atom stereocenters. The molecule has 0 aromatic rings. The predicted molar refractivity (Wildman–Crippen MR) is 56.7 cm³/mol. The molecule has 15 heavy (non-hydrogen) atoms. The third-order valence-corrected chi connectivity index (χ3v) is 2.50. The minimum absolute atomic E-state index is 0.0107. The summed E-state index contributed by atoms with van der Waals surface area (Å²) in [5.41, 5.74) is 0. The van der Waals surface area contributed by atoms with Crippen molar-refractivity contribution in [2.45, 2.75) is 38.4 Å². The summed E-state index contributed by atoms with van der Waals surface area (Å²) in [7, 11) is 0. The van der Waals surface area contributed by atoms with E-state index < -0.39 is 12.7 Å². The maximum absolute atomic E-state index is 12.2. The molecule has 0 aliphatic heterocycles. The summed E-state index contributed by atoms with van der Waals surface area (Å²) >= 11 is 4.94. The van der Waals surface area contributed by atoms with Crippen molar-refractivity contribution in [1.29, 1.82) is 0 Å². The van der Waals surface area contributed by atoms with Gasteiger partial charge in [-0.1, -0.05) is 6.92 Å². The molecule has 2 nitrogen and oxygen atoms in total. The van der Waals surface area contributed by atoms with Crippen LogP contribution in [0, 0.1) is 0 Å². The first-order chi connectivity index (χ1) is 6.94. The van der Waals surface area contributed by atoms with E-state index in [2.05, 4.69) is 5.32 Å². The molecule has 0 heterocycles. The zero-order valence-electron chi connectivity index (χ0n) is 8.60. The average Bonchev–Trinajstić information content (AvgIpc) is 2.92. The number of nitrogens with one attached hydrogen (secondary N) is 1. The number of nitrogens with zero attached hydrogens (tertiary/aromatic N) is 1. The Morgan fingerprint density at radius 1 is 1.47 bits per heavy atom. The van der Waals surface area contributed by atoms with E-state index >= 15 is 0 Å². The Morgan fingerprint density at radius 3 is 2.47 bits per heavy atom. The standard InChI is InChI=1S/C9H15F3N2S/c1-2-5-13-8(15)14(7-3-4-7)6-9(10,11)12/h7H,2-6H2,1H3,(H,13,15). The second-order valence-corrected chi connectivity index (χ2v) is 4.09. The topological polar surface area (TPSA) is 15.3 Å². The van der Waals surface area contributed by atoms with Crippen LogP contribution in [0.4, 0.5) is 13.2 Å². The number of halogens is 3. The Bertz CT molecular complexity index is 226. The lowest BCUT2D eigenvalue weighted by molar-refractivity contribution is -0.138. The maximum atomic E-state index is 12.2. The summed E-state index contributed by atoms with van der Waals surface area (Å²) in [5.74, 6) is 0. The summed E-state index contributed by atoms with van der Waals surface area (Å²) in [6, 6.07) is -0.0107. The second kappa shape index (κ2) is 5.01. The molecule has 1 aliphatic carbocycles. The molecule has 1 rings (SSSR count). The molecule has 0 aromatic carbocycles. The van der Waals surface area contributed by atoms with E-state index in [0.29, 0.717) is 6.54 Å². The molecule has 6 heteroatoms. The van der Waals surface area contributed by atoms with Crippen molar-refractivity contribution in [1.82, 2.24) is 10.2 Å². The fraction of sp³-hybridized carbons (Fsp3) is 0.889. The van der Waals surface area contributed by atoms with Gasteiger partial charge in [-0.2, -0.15) is 13.2 Å². The van der Waals surface area contributed by atoms with Crippen LogP contribution in [0.15, 0.2) is 0 Å². The lowest BCUT2D eigenvalue weighted by Gasteiger charge is -2.26. The highest BCUT2D eigenvalue weighted by Crippen LogP contribution is 2.30. The first kappa shape index (κ1) is 12.5. The molecular weight excluding hydrogens is 225 g/mol. The lowest BCUT2D eigenvalue weighted by Crippen LogP contribution is -2.46. The van der Waals surface area contributed by atoms with Crippen LogP contribution in [-0.2, 0) is 0 Å². The number of alkyl halides is 3. The molecule has 1 saturated carbocycles. The van der Waals surface area contributed by atoms with Crippen molar-refractivity contribution in [3.8, 4) is 0 Å². The molecule has 0 amide bonds. The molecular formula is C9H15F3N2S. The van der Waals surface area contributed by atoms with Crippen LogP contribution >= 0.6 is 12.2 Å². The summed E-state index contributed by atoms with van der Waals surface area (Å²) in [6.45, 7) is 1.63. The van der Waals surface area contributed by atoms with Gasteiger partial charge in [0.05, 0.1) is 0 Å². The van der Waals surface area contributed by atoms with Crippen LogP contribution in [0.25, 0.3) is 0 Å². The number of thiocarbonyl (C=S) groups is 1. The summed E-state index contributed by atoms with van der Waals surface area (Å²) in [5, 5.41) is 3.07. The highest BCUT2D eigenvalue weighted by atomic mass is 32.1. The minimum atomic E-state index is -4.18. The van der Waals surface area contributed by atoms with Gasteiger partial charge < -0.3 is 10.2 Å². The Labute approximate surface area is 92.8 Å². The van der Waals surface area contributed by atoms with Gasteiger partial charge in [0.2, 0.25) is 0 Å². The Balaban J connectivity index is 2.46. The third kappa shape index (κ3) is 4.68. The second-order valence-electron chi connectivity index (χ2n) is 3.71. The Hall–Kier alpha value is -0.520.